The Labute approximate surface area is 135 Å². The number of hydrogen-bond acceptors (Lipinski definition) is 2. The van der Waals surface area contributed by atoms with Gasteiger partial charge < -0.3 is 9.47 Å². The summed E-state index contributed by atoms with van der Waals surface area (Å²) >= 11 is 0. The van der Waals surface area contributed by atoms with Gasteiger partial charge in [-0.3, -0.25) is 0 Å². The summed E-state index contributed by atoms with van der Waals surface area (Å²) in [6.45, 7) is 2.13. The molecule has 23 heavy (non-hydrogen) atoms. The molecule has 0 unspecified atom stereocenters. The molecule has 0 N–H and O–H groups in total. The van der Waals surface area contributed by atoms with Crippen LogP contribution in [0.3, 0.4) is 0 Å². The molecule has 0 spiro atoms. The first kappa shape index (κ1) is 13.9. The Morgan fingerprint density at radius 2 is 1.04 bits per heavy atom. The molecule has 0 heterocycles. The number of benzene rings is 4. The van der Waals surface area contributed by atoms with E-state index < -0.39 is 0 Å². The Balaban J connectivity index is 2.32. The van der Waals surface area contributed by atoms with E-state index in [0.717, 1.165) is 11.5 Å². The number of hydrogen-bond donors (Lipinski definition) is 0. The summed E-state index contributed by atoms with van der Waals surface area (Å²) in [4.78, 5) is 0. The van der Waals surface area contributed by atoms with Crippen LogP contribution in [-0.2, 0) is 0 Å². The van der Waals surface area contributed by atoms with Crippen molar-refractivity contribution < 1.29 is 9.47 Å². The highest BCUT2D eigenvalue weighted by Gasteiger charge is 2.13. The predicted molar refractivity (Wildman–Crippen MR) is 96.8 cm³/mol. The van der Waals surface area contributed by atoms with E-state index in [1.54, 1.807) is 14.2 Å². The summed E-state index contributed by atoms with van der Waals surface area (Å²) in [6.07, 6.45) is 0. The van der Waals surface area contributed by atoms with E-state index in [2.05, 4.69) is 61.5 Å². The summed E-state index contributed by atoms with van der Waals surface area (Å²) in [7, 11) is 3.36. The lowest BCUT2D eigenvalue weighted by Gasteiger charge is -2.14. The van der Waals surface area contributed by atoms with Gasteiger partial charge in [0, 0.05) is 0 Å². The third kappa shape index (κ3) is 2.02. The fourth-order valence-electron chi connectivity index (χ4n) is 3.39. The second kappa shape index (κ2) is 5.17. The maximum atomic E-state index is 5.51. The third-order valence-corrected chi connectivity index (χ3v) is 4.50. The van der Waals surface area contributed by atoms with Crippen molar-refractivity contribution in [3.8, 4) is 11.5 Å². The average Bonchev–Trinajstić information content (AvgIpc) is 2.60. The minimum Gasteiger partial charge on any atom is -0.493 e. The fraction of sp³-hybridized carbons (Fsp3) is 0.143. The maximum absolute atomic E-state index is 5.51. The van der Waals surface area contributed by atoms with E-state index in [1.807, 2.05) is 0 Å². The van der Waals surface area contributed by atoms with Crippen molar-refractivity contribution in [2.75, 3.05) is 14.2 Å². The first-order valence-electron chi connectivity index (χ1n) is 7.69. The van der Waals surface area contributed by atoms with Gasteiger partial charge >= 0.3 is 0 Å². The van der Waals surface area contributed by atoms with Crippen molar-refractivity contribution in [1.82, 2.24) is 0 Å². The van der Waals surface area contributed by atoms with Crippen LogP contribution in [0, 0.1) is 6.92 Å². The average molecular weight is 302 g/mol. The Morgan fingerprint density at radius 1 is 0.565 bits per heavy atom. The third-order valence-electron chi connectivity index (χ3n) is 4.50. The van der Waals surface area contributed by atoms with Crippen molar-refractivity contribution in [1.29, 1.82) is 0 Å². The number of rotatable bonds is 2. The molecule has 0 aliphatic rings. The minimum absolute atomic E-state index is 0.761. The molecule has 0 aliphatic heterocycles. The molecule has 114 valence electrons. The lowest BCUT2D eigenvalue weighted by molar-refractivity contribution is 0.356. The molecule has 4 aromatic rings. The van der Waals surface area contributed by atoms with Gasteiger partial charge in [0.2, 0.25) is 0 Å². The van der Waals surface area contributed by atoms with Crippen molar-refractivity contribution >= 4 is 32.3 Å². The number of ether oxygens (including phenoxy) is 2. The van der Waals surface area contributed by atoms with E-state index in [9.17, 15) is 0 Å². The Morgan fingerprint density at radius 3 is 1.65 bits per heavy atom. The van der Waals surface area contributed by atoms with Crippen LogP contribution < -0.4 is 9.47 Å². The first-order chi connectivity index (χ1) is 11.2. The lowest BCUT2D eigenvalue weighted by atomic mass is 9.93. The zero-order valence-corrected chi connectivity index (χ0v) is 13.5. The van der Waals surface area contributed by atoms with Gasteiger partial charge in [0.1, 0.15) is 0 Å². The largest absolute Gasteiger partial charge is 0.493 e. The van der Waals surface area contributed by atoms with Gasteiger partial charge in [0.15, 0.2) is 11.5 Å². The minimum atomic E-state index is 0.761. The monoisotopic (exact) mass is 302 g/mol. The molecule has 0 radical (unpaired) electrons. The van der Waals surface area contributed by atoms with E-state index >= 15 is 0 Å². The van der Waals surface area contributed by atoms with Crippen molar-refractivity contribution in [2.24, 2.45) is 0 Å². The molecule has 0 aromatic heterocycles. The molecular formula is C21H18O2. The summed E-state index contributed by atoms with van der Waals surface area (Å²) in [5.74, 6) is 1.52. The number of aryl methyl sites for hydroxylation is 1. The topological polar surface area (TPSA) is 18.5 Å². The Bertz CT molecular complexity index is 1050. The highest BCUT2D eigenvalue weighted by molar-refractivity contribution is 6.25. The van der Waals surface area contributed by atoms with Crippen LogP contribution in [0.2, 0.25) is 0 Å². The molecule has 4 aromatic carbocycles. The molecule has 0 saturated carbocycles. The molecule has 0 atom stereocenters. The molecule has 0 saturated heterocycles. The van der Waals surface area contributed by atoms with Gasteiger partial charge in [0.05, 0.1) is 14.2 Å². The second-order valence-corrected chi connectivity index (χ2v) is 5.85. The van der Waals surface area contributed by atoms with E-state index in [1.165, 1.54) is 37.9 Å². The lowest BCUT2D eigenvalue weighted by Crippen LogP contribution is -1.92. The van der Waals surface area contributed by atoms with Crippen LogP contribution in [0.15, 0.2) is 54.6 Å². The fourth-order valence-corrected chi connectivity index (χ4v) is 3.39. The van der Waals surface area contributed by atoms with Crippen LogP contribution >= 0.6 is 0 Å². The van der Waals surface area contributed by atoms with Gasteiger partial charge in [-0.1, -0.05) is 48.0 Å². The van der Waals surface area contributed by atoms with Crippen LogP contribution in [0.25, 0.3) is 32.3 Å². The molecule has 0 fully saturated rings. The normalized spacial score (nSPS) is 11.3. The van der Waals surface area contributed by atoms with Gasteiger partial charge in [0.25, 0.3) is 0 Å². The standard InChI is InChI=1S/C21H18O2/c1-13-8-9-16-14-6-4-5-7-15(14)18-11-20(22-2)21(23-3)12-19(18)17(16)10-13/h4-12H,1-3H3. The zero-order chi connectivity index (χ0) is 16.0. The van der Waals surface area contributed by atoms with Gasteiger partial charge in [-0.25, -0.2) is 0 Å². The first-order valence-corrected chi connectivity index (χ1v) is 7.69. The van der Waals surface area contributed by atoms with Gasteiger partial charge in [-0.2, -0.15) is 0 Å². The molecule has 0 amide bonds. The van der Waals surface area contributed by atoms with Gasteiger partial charge in [-0.15, -0.1) is 0 Å². The molecule has 0 aliphatic carbocycles. The van der Waals surface area contributed by atoms with E-state index in [0.29, 0.717) is 0 Å². The van der Waals surface area contributed by atoms with Crippen LogP contribution in [-0.4, -0.2) is 14.2 Å². The van der Waals surface area contributed by atoms with Crippen molar-refractivity contribution in [3.63, 3.8) is 0 Å². The maximum Gasteiger partial charge on any atom is 0.161 e. The molecule has 2 heteroatoms. The summed E-state index contributed by atoms with van der Waals surface area (Å²) in [5.41, 5.74) is 1.25. The van der Waals surface area contributed by atoms with Gasteiger partial charge in [-0.05, 0) is 51.4 Å². The van der Waals surface area contributed by atoms with E-state index in [-0.39, 0.29) is 0 Å². The summed E-state index contributed by atoms with van der Waals surface area (Å²) in [6, 6.07) is 19.3. The Kier molecular flexibility index (Phi) is 3.12. The molecule has 2 nitrogen and oxygen atoms in total. The van der Waals surface area contributed by atoms with Crippen LogP contribution in [0.5, 0.6) is 11.5 Å². The Hall–Kier alpha value is -2.74. The van der Waals surface area contributed by atoms with E-state index in [4.69, 9.17) is 9.47 Å². The van der Waals surface area contributed by atoms with Crippen LogP contribution in [0.4, 0.5) is 0 Å². The molecule has 0 bridgehead atoms. The molecular weight excluding hydrogens is 284 g/mol. The van der Waals surface area contributed by atoms with Crippen molar-refractivity contribution in [2.45, 2.75) is 6.92 Å². The number of fused-ring (bicyclic) bond motifs is 6. The van der Waals surface area contributed by atoms with Crippen molar-refractivity contribution in [3.05, 3.63) is 60.2 Å². The number of methoxy groups -OCH3 is 2. The highest BCUT2D eigenvalue weighted by atomic mass is 16.5. The molecule has 4 rings (SSSR count). The SMILES string of the molecule is COc1cc2c3ccccc3c3ccc(C)cc3c2cc1OC. The summed E-state index contributed by atoms with van der Waals surface area (Å²) < 4.78 is 11.0. The quantitative estimate of drug-likeness (QED) is 0.457. The zero-order valence-electron chi connectivity index (χ0n) is 13.5. The summed E-state index contributed by atoms with van der Waals surface area (Å²) in [5, 5.41) is 7.41. The predicted octanol–water partition coefficient (Wildman–Crippen LogP) is 5.47. The van der Waals surface area contributed by atoms with Crippen LogP contribution in [0.1, 0.15) is 5.56 Å². The second-order valence-electron chi connectivity index (χ2n) is 5.85. The highest BCUT2D eigenvalue weighted by Crippen LogP contribution is 2.40. The smallest absolute Gasteiger partial charge is 0.161 e.